The summed E-state index contributed by atoms with van der Waals surface area (Å²) in [6.45, 7) is 6.74. The van der Waals surface area contributed by atoms with Gasteiger partial charge in [-0.25, -0.2) is 14.4 Å². The van der Waals surface area contributed by atoms with Crippen molar-refractivity contribution < 1.29 is 4.39 Å². The van der Waals surface area contributed by atoms with Crippen molar-refractivity contribution >= 4 is 11.8 Å². The molecule has 0 radical (unpaired) electrons. The fraction of sp³-hybridized carbons (Fsp3) is 0.400. The van der Waals surface area contributed by atoms with Gasteiger partial charge in [0.05, 0.1) is 6.54 Å². The number of aliphatic imine (C=N–C) groups is 1. The molecule has 0 amide bonds. The minimum atomic E-state index is -0.184. The molecule has 1 aromatic heterocycles. The van der Waals surface area contributed by atoms with E-state index in [1.165, 1.54) is 0 Å². The van der Waals surface area contributed by atoms with Crippen LogP contribution in [0, 0.1) is 12.7 Å². The Hall–Kier alpha value is -2.63. The maximum Gasteiger partial charge on any atom is 0.191 e. The molecule has 2 aromatic rings. The lowest BCUT2D eigenvalue weighted by Gasteiger charge is -2.11. The molecule has 1 aromatic carbocycles. The first-order valence-corrected chi connectivity index (χ1v) is 9.11. The summed E-state index contributed by atoms with van der Waals surface area (Å²) in [7, 11) is 0. The van der Waals surface area contributed by atoms with Gasteiger partial charge in [0, 0.05) is 25.8 Å². The smallest absolute Gasteiger partial charge is 0.191 e. The van der Waals surface area contributed by atoms with Crippen LogP contribution < -0.4 is 16.0 Å². The largest absolute Gasteiger partial charge is 0.370 e. The van der Waals surface area contributed by atoms with Gasteiger partial charge in [0.2, 0.25) is 0 Å². The van der Waals surface area contributed by atoms with E-state index in [1.807, 2.05) is 31.2 Å². The highest BCUT2D eigenvalue weighted by molar-refractivity contribution is 5.79. The molecular weight excluding hydrogens is 329 g/mol. The number of hydrogen-bond donors (Lipinski definition) is 3. The molecular formula is C20H28FN5. The Kier molecular flexibility index (Phi) is 8.39. The Morgan fingerprint density at radius 2 is 1.96 bits per heavy atom. The summed E-state index contributed by atoms with van der Waals surface area (Å²) in [5, 5.41) is 9.83. The van der Waals surface area contributed by atoms with Gasteiger partial charge in [-0.3, -0.25) is 0 Å². The lowest BCUT2D eigenvalue weighted by atomic mass is 10.1. The second-order valence-electron chi connectivity index (χ2n) is 6.05. The predicted molar refractivity (Wildman–Crippen MR) is 106 cm³/mol. The van der Waals surface area contributed by atoms with Crippen LogP contribution in [0.1, 0.15) is 30.9 Å². The number of halogens is 1. The number of aryl methyl sites for hydroxylation is 1. The molecule has 2 rings (SSSR count). The number of nitrogens with one attached hydrogen (secondary N) is 3. The van der Waals surface area contributed by atoms with Gasteiger partial charge < -0.3 is 16.0 Å². The maximum atomic E-state index is 13.6. The molecule has 1 heterocycles. The Balaban J connectivity index is 1.70. The summed E-state index contributed by atoms with van der Waals surface area (Å²) in [5.74, 6) is 1.47. The minimum Gasteiger partial charge on any atom is -0.370 e. The number of nitrogens with zero attached hydrogens (tertiary/aromatic N) is 2. The third kappa shape index (κ3) is 7.09. The number of guanidine groups is 1. The average Bonchev–Trinajstić information content (AvgIpc) is 2.66. The molecule has 0 saturated heterocycles. The van der Waals surface area contributed by atoms with Crippen molar-refractivity contribution in [1.29, 1.82) is 0 Å². The van der Waals surface area contributed by atoms with Gasteiger partial charge in [-0.1, -0.05) is 18.2 Å². The van der Waals surface area contributed by atoms with E-state index in [9.17, 15) is 4.39 Å². The van der Waals surface area contributed by atoms with Crippen molar-refractivity contribution in [3.8, 4) is 0 Å². The van der Waals surface area contributed by atoms with Gasteiger partial charge in [0.25, 0.3) is 0 Å². The molecule has 6 heteroatoms. The standard InChI is InChI=1S/C20H28FN5/c1-3-22-20(26-15-17-10-9-16(2)18(21)14-17)25-13-7-6-12-24-19-8-4-5-11-23-19/h4-5,8-11,14H,3,6-7,12-13,15H2,1-2H3,(H,23,24)(H2,22,25,26). The zero-order chi connectivity index (χ0) is 18.6. The highest BCUT2D eigenvalue weighted by Gasteiger charge is 2.01. The number of benzene rings is 1. The molecule has 0 aliphatic carbocycles. The van der Waals surface area contributed by atoms with Gasteiger partial charge in [-0.05, 0) is 56.0 Å². The van der Waals surface area contributed by atoms with E-state index in [1.54, 1.807) is 25.3 Å². The fourth-order valence-corrected chi connectivity index (χ4v) is 2.39. The summed E-state index contributed by atoms with van der Waals surface area (Å²) in [6.07, 6.45) is 3.83. The lowest BCUT2D eigenvalue weighted by molar-refractivity contribution is 0.616. The molecule has 0 bridgehead atoms. The zero-order valence-corrected chi connectivity index (χ0v) is 15.6. The molecule has 0 aliphatic heterocycles. The molecule has 0 fully saturated rings. The van der Waals surface area contributed by atoms with E-state index >= 15 is 0 Å². The van der Waals surface area contributed by atoms with E-state index in [0.29, 0.717) is 12.1 Å². The Labute approximate surface area is 155 Å². The Morgan fingerprint density at radius 3 is 2.69 bits per heavy atom. The van der Waals surface area contributed by atoms with Crippen molar-refractivity contribution in [3.63, 3.8) is 0 Å². The number of rotatable bonds is 9. The number of unbranched alkanes of at least 4 members (excludes halogenated alkanes) is 1. The summed E-state index contributed by atoms with van der Waals surface area (Å²) < 4.78 is 13.6. The number of hydrogen-bond acceptors (Lipinski definition) is 3. The third-order valence-electron chi connectivity index (χ3n) is 3.87. The van der Waals surface area contributed by atoms with Crippen LogP contribution in [0.2, 0.25) is 0 Å². The van der Waals surface area contributed by atoms with E-state index in [2.05, 4.69) is 25.9 Å². The lowest BCUT2D eigenvalue weighted by Crippen LogP contribution is -2.37. The predicted octanol–water partition coefficient (Wildman–Crippen LogP) is 3.48. The summed E-state index contributed by atoms with van der Waals surface area (Å²) in [4.78, 5) is 8.75. The highest BCUT2D eigenvalue weighted by atomic mass is 19.1. The molecule has 0 atom stereocenters. The molecule has 140 valence electrons. The van der Waals surface area contributed by atoms with E-state index in [0.717, 1.165) is 49.8 Å². The second kappa shape index (κ2) is 11.1. The van der Waals surface area contributed by atoms with Crippen LogP contribution in [0.3, 0.4) is 0 Å². The van der Waals surface area contributed by atoms with Gasteiger partial charge in [-0.2, -0.15) is 0 Å². The number of pyridine rings is 1. The average molecular weight is 357 g/mol. The number of aromatic nitrogens is 1. The van der Waals surface area contributed by atoms with Gasteiger partial charge in [0.15, 0.2) is 5.96 Å². The van der Waals surface area contributed by atoms with Gasteiger partial charge in [0.1, 0.15) is 11.6 Å². The molecule has 26 heavy (non-hydrogen) atoms. The molecule has 5 nitrogen and oxygen atoms in total. The van der Waals surface area contributed by atoms with E-state index < -0.39 is 0 Å². The minimum absolute atomic E-state index is 0.184. The van der Waals surface area contributed by atoms with Crippen molar-refractivity contribution in [2.24, 2.45) is 4.99 Å². The first kappa shape index (κ1) is 19.7. The van der Waals surface area contributed by atoms with E-state index in [4.69, 9.17) is 0 Å². The van der Waals surface area contributed by atoms with Crippen molar-refractivity contribution in [3.05, 3.63) is 59.5 Å². The van der Waals surface area contributed by atoms with Gasteiger partial charge in [-0.15, -0.1) is 0 Å². The monoisotopic (exact) mass is 357 g/mol. The topological polar surface area (TPSA) is 61.3 Å². The van der Waals surface area contributed by atoms with Crippen molar-refractivity contribution in [2.75, 3.05) is 25.0 Å². The number of anilines is 1. The van der Waals surface area contributed by atoms with Gasteiger partial charge >= 0.3 is 0 Å². The summed E-state index contributed by atoms with van der Waals surface area (Å²) >= 11 is 0. The molecule has 0 aliphatic rings. The van der Waals surface area contributed by atoms with Crippen molar-refractivity contribution in [1.82, 2.24) is 15.6 Å². The normalized spacial score (nSPS) is 11.3. The van der Waals surface area contributed by atoms with Crippen LogP contribution >= 0.6 is 0 Å². The quantitative estimate of drug-likeness (QED) is 0.365. The van der Waals surface area contributed by atoms with Crippen LogP contribution in [0.5, 0.6) is 0 Å². The Morgan fingerprint density at radius 1 is 1.12 bits per heavy atom. The maximum absolute atomic E-state index is 13.6. The molecule has 3 N–H and O–H groups in total. The Bertz CT molecular complexity index is 688. The zero-order valence-electron chi connectivity index (χ0n) is 15.6. The van der Waals surface area contributed by atoms with Crippen LogP contribution in [0.25, 0.3) is 0 Å². The molecule has 0 unspecified atom stereocenters. The second-order valence-corrected chi connectivity index (χ2v) is 6.05. The molecule has 0 saturated carbocycles. The van der Waals surface area contributed by atoms with Crippen LogP contribution in [-0.2, 0) is 6.54 Å². The first-order chi connectivity index (χ1) is 12.7. The summed E-state index contributed by atoms with van der Waals surface area (Å²) in [5.41, 5.74) is 1.52. The first-order valence-electron chi connectivity index (χ1n) is 9.11. The van der Waals surface area contributed by atoms with E-state index in [-0.39, 0.29) is 5.82 Å². The SMILES string of the molecule is CCNC(=NCc1ccc(C)c(F)c1)NCCCCNc1ccccn1. The van der Waals surface area contributed by atoms with Crippen molar-refractivity contribution in [2.45, 2.75) is 33.2 Å². The van der Waals surface area contributed by atoms with Crippen LogP contribution in [0.4, 0.5) is 10.2 Å². The summed E-state index contributed by atoms with van der Waals surface area (Å²) in [6, 6.07) is 11.1. The highest BCUT2D eigenvalue weighted by Crippen LogP contribution is 2.10. The van der Waals surface area contributed by atoms with Crippen LogP contribution in [-0.4, -0.2) is 30.6 Å². The fourth-order valence-electron chi connectivity index (χ4n) is 2.39. The third-order valence-corrected chi connectivity index (χ3v) is 3.87. The van der Waals surface area contributed by atoms with Crippen LogP contribution in [0.15, 0.2) is 47.6 Å². The molecule has 0 spiro atoms.